The molecule has 0 spiro atoms. The topological polar surface area (TPSA) is 133 Å². The molecular formula is C27H34N6O5. The third-order valence-corrected chi connectivity index (χ3v) is 6.31. The van der Waals surface area contributed by atoms with Crippen molar-refractivity contribution in [2.75, 3.05) is 61.6 Å². The molecule has 11 nitrogen and oxygen atoms in total. The maximum Gasteiger partial charge on any atom is 0.306 e. The van der Waals surface area contributed by atoms with Crippen LogP contribution in [0.3, 0.4) is 0 Å². The van der Waals surface area contributed by atoms with Crippen molar-refractivity contribution in [1.29, 1.82) is 0 Å². The Kier molecular flexibility index (Phi) is 9.15. The second-order valence-corrected chi connectivity index (χ2v) is 9.09. The van der Waals surface area contributed by atoms with Crippen molar-refractivity contribution in [3.05, 3.63) is 54.1 Å². The second kappa shape index (κ2) is 12.9. The van der Waals surface area contributed by atoms with Gasteiger partial charge >= 0.3 is 5.97 Å². The summed E-state index contributed by atoms with van der Waals surface area (Å²) in [6.07, 6.45) is 1.09. The Balaban J connectivity index is 1.40. The van der Waals surface area contributed by atoms with Crippen molar-refractivity contribution >= 4 is 29.5 Å². The van der Waals surface area contributed by atoms with Gasteiger partial charge in [0.2, 0.25) is 17.8 Å². The number of hydrogen-bond acceptors (Lipinski definition) is 10. The Labute approximate surface area is 222 Å². The van der Waals surface area contributed by atoms with Crippen LogP contribution >= 0.6 is 0 Å². The summed E-state index contributed by atoms with van der Waals surface area (Å²) in [6, 6.07) is 14.2. The number of anilines is 4. The SMILES string of the molecule is CCC(Cc1ccc(OCCN(C)c2nc(Nc3ccc(O)cc3)nc(N3CCOCC3)n2)cc1)C(=O)O. The highest BCUT2D eigenvalue weighted by Gasteiger charge is 2.19. The van der Waals surface area contributed by atoms with Crippen LogP contribution in [0.25, 0.3) is 0 Å². The lowest BCUT2D eigenvalue weighted by Crippen LogP contribution is -2.38. The quantitative estimate of drug-likeness (QED) is 0.303. The zero-order chi connectivity index (χ0) is 26.9. The van der Waals surface area contributed by atoms with Crippen LogP contribution in [0.4, 0.5) is 23.5 Å². The first-order chi connectivity index (χ1) is 18.4. The molecule has 202 valence electrons. The molecule has 1 aliphatic heterocycles. The maximum absolute atomic E-state index is 11.3. The summed E-state index contributed by atoms with van der Waals surface area (Å²) >= 11 is 0. The molecule has 1 aliphatic rings. The first kappa shape index (κ1) is 26.9. The summed E-state index contributed by atoms with van der Waals surface area (Å²) in [5.41, 5.74) is 1.72. The fourth-order valence-electron chi connectivity index (χ4n) is 3.97. The van der Waals surface area contributed by atoms with Crippen LogP contribution in [-0.4, -0.2) is 77.6 Å². The van der Waals surface area contributed by atoms with Crippen LogP contribution in [0, 0.1) is 5.92 Å². The van der Waals surface area contributed by atoms with E-state index in [1.54, 1.807) is 24.3 Å². The van der Waals surface area contributed by atoms with Gasteiger partial charge in [-0.2, -0.15) is 15.0 Å². The van der Waals surface area contributed by atoms with E-state index in [1.165, 1.54) is 0 Å². The van der Waals surface area contributed by atoms with Crippen molar-refractivity contribution in [2.45, 2.75) is 19.8 Å². The number of hydrogen-bond donors (Lipinski definition) is 3. The van der Waals surface area contributed by atoms with Crippen molar-refractivity contribution in [2.24, 2.45) is 5.92 Å². The Hall–Kier alpha value is -4.12. The number of phenolic OH excluding ortho intramolecular Hbond substituents is 1. The molecule has 1 saturated heterocycles. The zero-order valence-corrected chi connectivity index (χ0v) is 21.7. The predicted octanol–water partition coefficient (Wildman–Crippen LogP) is 3.33. The van der Waals surface area contributed by atoms with Crippen LogP contribution in [0.15, 0.2) is 48.5 Å². The minimum atomic E-state index is -0.771. The number of carboxylic acid groups (broad SMARTS) is 1. The van der Waals surface area contributed by atoms with Gasteiger partial charge in [0.25, 0.3) is 0 Å². The number of carbonyl (C=O) groups is 1. The van der Waals surface area contributed by atoms with Gasteiger partial charge in [-0.15, -0.1) is 0 Å². The molecule has 38 heavy (non-hydrogen) atoms. The van der Waals surface area contributed by atoms with Crippen molar-refractivity contribution in [1.82, 2.24) is 15.0 Å². The van der Waals surface area contributed by atoms with Crippen LogP contribution in [0.1, 0.15) is 18.9 Å². The van der Waals surface area contributed by atoms with Gasteiger partial charge in [0.15, 0.2) is 0 Å². The highest BCUT2D eigenvalue weighted by atomic mass is 16.5. The van der Waals surface area contributed by atoms with E-state index < -0.39 is 5.97 Å². The third-order valence-electron chi connectivity index (χ3n) is 6.31. The number of aromatic hydroxyl groups is 1. The Bertz CT molecular complexity index is 1190. The average molecular weight is 523 g/mol. The monoisotopic (exact) mass is 522 g/mol. The standard InChI is InChI=1S/C27H34N6O5/c1-3-20(24(35)36)18-19-4-10-23(11-5-19)38-17-12-32(2)26-29-25(28-21-6-8-22(34)9-7-21)30-27(31-26)33-13-15-37-16-14-33/h4-11,20,34H,3,12-18H2,1-2H3,(H,35,36)(H,28,29,30,31). The summed E-state index contributed by atoms with van der Waals surface area (Å²) in [4.78, 5) is 29.2. The lowest BCUT2D eigenvalue weighted by Gasteiger charge is -2.28. The van der Waals surface area contributed by atoms with Crippen molar-refractivity contribution in [3.8, 4) is 11.5 Å². The number of aliphatic carboxylic acids is 1. The number of benzene rings is 2. The summed E-state index contributed by atoms with van der Waals surface area (Å²) in [7, 11) is 1.89. The molecule has 1 aromatic heterocycles. The number of nitrogens with zero attached hydrogens (tertiary/aromatic N) is 5. The van der Waals surface area contributed by atoms with E-state index in [2.05, 4.69) is 20.2 Å². The second-order valence-electron chi connectivity index (χ2n) is 9.09. The minimum Gasteiger partial charge on any atom is -0.508 e. The Morgan fingerprint density at radius 1 is 1.11 bits per heavy atom. The van der Waals surface area contributed by atoms with E-state index >= 15 is 0 Å². The predicted molar refractivity (Wildman–Crippen MR) is 145 cm³/mol. The average Bonchev–Trinajstić information content (AvgIpc) is 2.94. The summed E-state index contributed by atoms with van der Waals surface area (Å²) in [5, 5.41) is 22.0. The highest BCUT2D eigenvalue weighted by molar-refractivity contribution is 5.70. The molecule has 0 saturated carbocycles. The molecule has 3 aromatic rings. The molecule has 11 heteroatoms. The lowest BCUT2D eigenvalue weighted by molar-refractivity contribution is -0.141. The smallest absolute Gasteiger partial charge is 0.306 e. The molecule has 1 atom stereocenters. The minimum absolute atomic E-state index is 0.181. The van der Waals surface area contributed by atoms with Crippen LogP contribution < -0.4 is 19.9 Å². The van der Waals surface area contributed by atoms with Gasteiger partial charge in [-0.3, -0.25) is 4.79 Å². The fraction of sp³-hybridized carbons (Fsp3) is 0.407. The number of likely N-dealkylation sites (N-methyl/N-ethyl adjacent to an activating group) is 1. The van der Waals surface area contributed by atoms with Crippen LogP contribution in [0.5, 0.6) is 11.5 Å². The molecule has 2 aromatic carbocycles. The number of carboxylic acids is 1. The fourth-order valence-corrected chi connectivity index (χ4v) is 3.97. The van der Waals surface area contributed by atoms with Gasteiger partial charge in [0, 0.05) is 25.8 Å². The van der Waals surface area contributed by atoms with E-state index in [4.69, 9.17) is 14.5 Å². The number of nitrogens with one attached hydrogen (secondary N) is 1. The van der Waals surface area contributed by atoms with Gasteiger partial charge in [0.1, 0.15) is 18.1 Å². The first-order valence-electron chi connectivity index (χ1n) is 12.7. The molecular weight excluding hydrogens is 488 g/mol. The first-order valence-corrected chi connectivity index (χ1v) is 12.7. The van der Waals surface area contributed by atoms with Gasteiger partial charge in [-0.25, -0.2) is 0 Å². The molecule has 1 fully saturated rings. The summed E-state index contributed by atoms with van der Waals surface area (Å²) < 4.78 is 11.4. The van der Waals surface area contributed by atoms with E-state index in [0.29, 0.717) is 75.9 Å². The van der Waals surface area contributed by atoms with Crippen LogP contribution in [-0.2, 0) is 16.0 Å². The number of ether oxygens (including phenoxy) is 2. The molecule has 0 amide bonds. The summed E-state index contributed by atoms with van der Waals surface area (Å²) in [5.74, 6) is 1.21. The molecule has 4 rings (SSSR count). The van der Waals surface area contributed by atoms with Crippen molar-refractivity contribution in [3.63, 3.8) is 0 Å². The highest BCUT2D eigenvalue weighted by Crippen LogP contribution is 2.22. The van der Waals surface area contributed by atoms with E-state index in [9.17, 15) is 15.0 Å². The van der Waals surface area contributed by atoms with Gasteiger partial charge in [-0.05, 0) is 54.8 Å². The largest absolute Gasteiger partial charge is 0.508 e. The molecule has 0 aliphatic carbocycles. The normalized spacial score (nSPS) is 14.1. The van der Waals surface area contributed by atoms with E-state index in [0.717, 1.165) is 11.3 Å². The molecule has 3 N–H and O–H groups in total. The third kappa shape index (κ3) is 7.45. The van der Waals surface area contributed by atoms with Crippen LogP contribution in [0.2, 0.25) is 0 Å². The summed E-state index contributed by atoms with van der Waals surface area (Å²) in [6.45, 7) is 5.42. The number of phenols is 1. The lowest BCUT2D eigenvalue weighted by atomic mass is 9.97. The number of rotatable bonds is 12. The van der Waals surface area contributed by atoms with E-state index in [1.807, 2.05) is 43.1 Å². The Morgan fingerprint density at radius 2 is 1.82 bits per heavy atom. The van der Waals surface area contributed by atoms with Gasteiger partial charge in [-0.1, -0.05) is 19.1 Å². The molecule has 0 radical (unpaired) electrons. The van der Waals surface area contributed by atoms with E-state index in [-0.39, 0.29) is 11.7 Å². The molecule has 1 unspecified atom stereocenters. The molecule has 0 bridgehead atoms. The number of aromatic nitrogens is 3. The van der Waals surface area contributed by atoms with Gasteiger partial charge in [0.05, 0.1) is 25.7 Å². The molecule has 2 heterocycles. The Morgan fingerprint density at radius 3 is 2.47 bits per heavy atom. The maximum atomic E-state index is 11.3. The zero-order valence-electron chi connectivity index (χ0n) is 21.7. The number of morpholine rings is 1. The van der Waals surface area contributed by atoms with Crippen molar-refractivity contribution < 1.29 is 24.5 Å². The van der Waals surface area contributed by atoms with Gasteiger partial charge < -0.3 is 34.8 Å².